The molecule has 1 aromatic carbocycles. The smallest absolute Gasteiger partial charge is 0.433 e. The Morgan fingerprint density at radius 2 is 1.61 bits per heavy atom. The Morgan fingerprint density at radius 3 is 2.06 bits per heavy atom. The Hall–Kier alpha value is -1.90. The van der Waals surface area contributed by atoms with Crippen LogP contribution in [-0.4, -0.2) is 24.8 Å². The molecule has 0 saturated heterocycles. The molecule has 2 rings (SSSR count). The molecule has 1 unspecified atom stereocenters. The number of nitrogens with zero attached hydrogens (tertiary/aromatic N) is 2. The van der Waals surface area contributed by atoms with E-state index in [1.807, 2.05) is 52.9 Å². The van der Waals surface area contributed by atoms with Gasteiger partial charge in [0.25, 0.3) is 8.32 Å². The average molecular weight is 463 g/mol. The minimum absolute atomic E-state index is 0.120. The zero-order chi connectivity index (χ0) is 23.6. The molecule has 0 fully saturated rings. The molecule has 0 aliphatic carbocycles. The van der Waals surface area contributed by atoms with Crippen LogP contribution in [0.2, 0.25) is 18.1 Å². The van der Waals surface area contributed by atoms with Crippen molar-refractivity contribution in [1.29, 1.82) is 0 Å². The van der Waals surface area contributed by atoms with Crippen molar-refractivity contribution in [2.45, 2.75) is 77.6 Å². The fraction of sp³-hybridized carbons (Fsp3) is 0.591. The third-order valence-corrected chi connectivity index (χ3v) is 10.1. The van der Waals surface area contributed by atoms with Crippen molar-refractivity contribution in [1.82, 2.24) is 9.78 Å². The first kappa shape index (κ1) is 25.4. The van der Waals surface area contributed by atoms with Crippen molar-refractivity contribution in [2.75, 3.05) is 6.67 Å². The minimum atomic E-state index is -4.87. The van der Waals surface area contributed by atoms with Gasteiger partial charge in [0, 0.05) is 18.4 Å². The molecule has 174 valence electrons. The molecule has 1 heterocycles. The molecule has 0 saturated carbocycles. The molecule has 0 amide bonds. The van der Waals surface area contributed by atoms with Crippen molar-refractivity contribution < 1.29 is 26.4 Å². The van der Waals surface area contributed by atoms with Crippen LogP contribution >= 0.6 is 0 Å². The number of alkyl halides is 5. The maximum atomic E-state index is 14.5. The van der Waals surface area contributed by atoms with Crippen LogP contribution in [0.4, 0.5) is 22.0 Å². The van der Waals surface area contributed by atoms with Crippen LogP contribution in [0.25, 0.3) is 0 Å². The number of halogens is 5. The second kappa shape index (κ2) is 9.30. The summed E-state index contributed by atoms with van der Waals surface area (Å²) < 4.78 is 75.8. The second-order valence-electron chi connectivity index (χ2n) is 9.20. The SMILES string of the molecule is CCc1ccc(Cc2c(O[Si](C)(C)C(C)(C)C)nn(C(F)CCF)c2C(F)(F)F)cc1. The molecule has 0 aliphatic rings. The minimum Gasteiger partial charge on any atom is -0.529 e. The fourth-order valence-electron chi connectivity index (χ4n) is 2.90. The summed E-state index contributed by atoms with van der Waals surface area (Å²) in [5.41, 5.74) is 0.244. The molecular weight excluding hydrogens is 431 g/mol. The van der Waals surface area contributed by atoms with Crippen LogP contribution in [0.3, 0.4) is 0 Å². The standard InChI is InChI=1S/C22H31F5N2OSi/c1-7-15-8-10-16(11-9-15)14-17-19(22(25,26)27)29(18(24)12-13-23)28-20(17)30-31(5,6)21(2,3)4/h8-11,18H,7,12-14H2,1-6H3. The molecule has 1 aromatic heterocycles. The van der Waals surface area contributed by atoms with Crippen LogP contribution in [0.5, 0.6) is 5.88 Å². The Kier molecular flexibility index (Phi) is 7.61. The Labute approximate surface area is 181 Å². The molecule has 9 heteroatoms. The van der Waals surface area contributed by atoms with Crippen LogP contribution in [0.15, 0.2) is 24.3 Å². The lowest BCUT2D eigenvalue weighted by Gasteiger charge is -2.35. The lowest BCUT2D eigenvalue weighted by molar-refractivity contribution is -0.147. The van der Waals surface area contributed by atoms with Gasteiger partial charge in [0.1, 0.15) is 0 Å². The molecule has 0 aliphatic heterocycles. The van der Waals surface area contributed by atoms with Gasteiger partial charge < -0.3 is 4.43 Å². The van der Waals surface area contributed by atoms with E-state index in [4.69, 9.17) is 4.43 Å². The van der Waals surface area contributed by atoms with Gasteiger partial charge >= 0.3 is 6.18 Å². The maximum Gasteiger partial charge on any atom is 0.433 e. The van der Waals surface area contributed by atoms with E-state index in [0.717, 1.165) is 12.0 Å². The monoisotopic (exact) mass is 462 g/mol. The van der Waals surface area contributed by atoms with E-state index in [2.05, 4.69) is 5.10 Å². The largest absolute Gasteiger partial charge is 0.529 e. The third kappa shape index (κ3) is 5.87. The number of aromatic nitrogens is 2. The third-order valence-electron chi connectivity index (χ3n) is 5.82. The van der Waals surface area contributed by atoms with Crippen LogP contribution in [0.1, 0.15) is 62.8 Å². The normalized spacial score (nSPS) is 14.0. The van der Waals surface area contributed by atoms with E-state index < -0.39 is 39.6 Å². The molecule has 0 bridgehead atoms. The van der Waals surface area contributed by atoms with Gasteiger partial charge in [0.05, 0.1) is 6.67 Å². The number of hydrogen-bond acceptors (Lipinski definition) is 2. The molecule has 2 aromatic rings. The van der Waals surface area contributed by atoms with Gasteiger partial charge in [-0.05, 0) is 35.7 Å². The highest BCUT2D eigenvalue weighted by atomic mass is 28.4. The van der Waals surface area contributed by atoms with Crippen LogP contribution < -0.4 is 4.43 Å². The summed E-state index contributed by atoms with van der Waals surface area (Å²) in [6, 6.07) is 7.20. The lowest BCUT2D eigenvalue weighted by atomic mass is 10.0. The van der Waals surface area contributed by atoms with E-state index in [9.17, 15) is 22.0 Å². The van der Waals surface area contributed by atoms with Crippen molar-refractivity contribution in [3.63, 3.8) is 0 Å². The summed E-state index contributed by atoms with van der Waals surface area (Å²) in [6.45, 7) is 10.5. The van der Waals surface area contributed by atoms with E-state index in [1.165, 1.54) is 0 Å². The van der Waals surface area contributed by atoms with E-state index in [-0.39, 0.29) is 27.6 Å². The Morgan fingerprint density at radius 1 is 1.06 bits per heavy atom. The quantitative estimate of drug-likeness (QED) is 0.305. The van der Waals surface area contributed by atoms with Crippen LogP contribution in [0, 0.1) is 0 Å². The fourth-order valence-corrected chi connectivity index (χ4v) is 3.85. The van der Waals surface area contributed by atoms with Crippen molar-refractivity contribution in [3.8, 4) is 5.88 Å². The van der Waals surface area contributed by atoms with Gasteiger partial charge in [0.2, 0.25) is 5.88 Å². The summed E-state index contributed by atoms with van der Waals surface area (Å²) >= 11 is 0. The lowest BCUT2D eigenvalue weighted by Crippen LogP contribution is -2.44. The maximum absolute atomic E-state index is 14.5. The molecular formula is C22H31F5N2OSi. The summed E-state index contributed by atoms with van der Waals surface area (Å²) in [5, 5.41) is 3.59. The molecule has 0 N–H and O–H groups in total. The summed E-state index contributed by atoms with van der Waals surface area (Å²) in [5.74, 6) is -0.222. The molecule has 0 radical (unpaired) electrons. The first-order chi connectivity index (χ1) is 14.2. The van der Waals surface area contributed by atoms with E-state index in [1.54, 1.807) is 12.1 Å². The van der Waals surface area contributed by atoms with Gasteiger partial charge in [-0.2, -0.15) is 13.2 Å². The number of hydrogen-bond donors (Lipinski definition) is 0. The zero-order valence-corrected chi connectivity index (χ0v) is 19.9. The first-order valence-electron chi connectivity index (χ1n) is 10.4. The highest BCUT2D eigenvalue weighted by Gasteiger charge is 2.45. The topological polar surface area (TPSA) is 27.1 Å². The summed E-state index contributed by atoms with van der Waals surface area (Å²) in [7, 11) is -2.57. The van der Waals surface area contributed by atoms with Gasteiger partial charge in [-0.15, -0.1) is 5.10 Å². The van der Waals surface area contributed by atoms with Crippen molar-refractivity contribution >= 4 is 8.32 Å². The summed E-state index contributed by atoms with van der Waals surface area (Å²) in [6.07, 6.45) is -7.14. The predicted molar refractivity (Wildman–Crippen MR) is 114 cm³/mol. The number of rotatable bonds is 8. The van der Waals surface area contributed by atoms with Crippen molar-refractivity contribution in [2.24, 2.45) is 0 Å². The van der Waals surface area contributed by atoms with Gasteiger partial charge in [0.15, 0.2) is 12.0 Å². The van der Waals surface area contributed by atoms with Crippen LogP contribution in [-0.2, 0) is 19.0 Å². The van der Waals surface area contributed by atoms with Gasteiger partial charge in [-0.25, -0.2) is 9.07 Å². The molecule has 3 nitrogen and oxygen atoms in total. The predicted octanol–water partition coefficient (Wildman–Crippen LogP) is 7.27. The molecule has 1 atom stereocenters. The first-order valence-corrected chi connectivity index (χ1v) is 13.3. The van der Waals surface area contributed by atoms with E-state index in [0.29, 0.717) is 5.56 Å². The Bertz CT molecular complexity index is 870. The number of benzene rings is 1. The molecule has 0 spiro atoms. The Balaban J connectivity index is 2.65. The highest BCUT2D eigenvalue weighted by Crippen LogP contribution is 2.43. The van der Waals surface area contributed by atoms with Gasteiger partial charge in [-0.3, -0.25) is 4.39 Å². The van der Waals surface area contributed by atoms with Gasteiger partial charge in [-0.1, -0.05) is 52.0 Å². The second-order valence-corrected chi connectivity index (χ2v) is 13.9. The number of aryl methyl sites for hydroxylation is 1. The average Bonchev–Trinajstić information content (AvgIpc) is 2.99. The highest BCUT2D eigenvalue weighted by molar-refractivity contribution is 6.74. The van der Waals surface area contributed by atoms with E-state index >= 15 is 0 Å². The zero-order valence-electron chi connectivity index (χ0n) is 18.9. The molecule has 31 heavy (non-hydrogen) atoms. The summed E-state index contributed by atoms with van der Waals surface area (Å²) in [4.78, 5) is 0. The van der Waals surface area contributed by atoms with Crippen molar-refractivity contribution in [3.05, 3.63) is 46.6 Å².